The summed E-state index contributed by atoms with van der Waals surface area (Å²) in [6, 6.07) is 8.33. The van der Waals surface area contributed by atoms with Crippen LogP contribution in [0.5, 0.6) is 0 Å². The lowest BCUT2D eigenvalue weighted by molar-refractivity contribution is -0.142. The first kappa shape index (κ1) is 20.5. The maximum Gasteiger partial charge on any atom is 0.433 e. The highest BCUT2D eigenvalue weighted by Gasteiger charge is 2.38. The van der Waals surface area contributed by atoms with E-state index in [-0.39, 0.29) is 17.1 Å². The number of nitrogens with one attached hydrogen (secondary N) is 1. The third-order valence-electron chi connectivity index (χ3n) is 5.20. The average molecular weight is 461 g/mol. The van der Waals surface area contributed by atoms with E-state index in [4.69, 9.17) is 11.6 Å². The second-order valence-corrected chi connectivity index (χ2v) is 8.01. The lowest BCUT2D eigenvalue weighted by Gasteiger charge is -2.11. The normalized spacial score (nSPS) is 14.1. The smallest absolute Gasteiger partial charge is 0.319 e. The zero-order chi connectivity index (χ0) is 22.5. The number of hydrogen-bond donors (Lipinski definition) is 1. The van der Waals surface area contributed by atoms with Crippen LogP contribution in [0.2, 0.25) is 5.02 Å². The van der Waals surface area contributed by atoms with Gasteiger partial charge in [-0.05, 0) is 30.5 Å². The van der Waals surface area contributed by atoms with Gasteiger partial charge in [0.1, 0.15) is 11.3 Å². The summed E-state index contributed by atoms with van der Waals surface area (Å²) in [5.41, 5.74) is 0.451. The van der Waals surface area contributed by atoms with Crippen molar-refractivity contribution in [2.75, 3.05) is 5.32 Å². The van der Waals surface area contributed by atoms with Gasteiger partial charge >= 0.3 is 6.18 Å². The topological polar surface area (TPSA) is 77.1 Å². The lowest BCUT2D eigenvalue weighted by Crippen LogP contribution is -2.16. The fraction of sp³-hybridized carbons (Fsp3) is 0.238. The molecule has 3 heterocycles. The second-order valence-electron chi connectivity index (χ2n) is 7.60. The summed E-state index contributed by atoms with van der Waals surface area (Å²) < 4.78 is 42.9. The van der Waals surface area contributed by atoms with Crippen molar-refractivity contribution in [2.45, 2.75) is 31.5 Å². The van der Waals surface area contributed by atoms with Crippen LogP contribution in [0.25, 0.3) is 5.65 Å². The summed E-state index contributed by atoms with van der Waals surface area (Å²) in [6.07, 6.45) is 1.09. The van der Waals surface area contributed by atoms with E-state index >= 15 is 0 Å². The summed E-state index contributed by atoms with van der Waals surface area (Å²) in [5.74, 6) is -0.638. The molecule has 0 spiro atoms. The quantitative estimate of drug-likeness (QED) is 0.465. The molecule has 1 aliphatic carbocycles. The van der Waals surface area contributed by atoms with Crippen LogP contribution in [-0.2, 0) is 12.7 Å². The first-order chi connectivity index (χ1) is 15.3. The molecule has 1 aliphatic rings. The standard InChI is InChI=1S/C21H16ClF3N6O/c22-16-4-2-1-3-13(16)10-30-11-14(8-26-30)28-20(32)15-9-27-31-18(21(23,24)25)7-17(12-5-6-12)29-19(15)31/h1-4,7-9,11-12H,5-6,10H2,(H,28,32). The molecule has 1 amide bonds. The van der Waals surface area contributed by atoms with Gasteiger partial charge in [0.05, 0.1) is 24.6 Å². The van der Waals surface area contributed by atoms with Gasteiger partial charge < -0.3 is 5.32 Å². The van der Waals surface area contributed by atoms with Crippen LogP contribution in [0.3, 0.4) is 0 Å². The van der Waals surface area contributed by atoms with Crippen LogP contribution in [0.15, 0.2) is 48.9 Å². The van der Waals surface area contributed by atoms with Gasteiger partial charge in [0.15, 0.2) is 5.65 Å². The van der Waals surface area contributed by atoms with Gasteiger partial charge in [0.2, 0.25) is 0 Å². The molecule has 0 atom stereocenters. The molecular formula is C21H16ClF3N6O. The van der Waals surface area contributed by atoms with Gasteiger partial charge in [-0.25, -0.2) is 9.50 Å². The number of alkyl halides is 3. The Morgan fingerprint density at radius 2 is 1.97 bits per heavy atom. The molecule has 0 unspecified atom stereocenters. The van der Waals surface area contributed by atoms with Gasteiger partial charge in [-0.15, -0.1) is 0 Å². The van der Waals surface area contributed by atoms with Crippen molar-refractivity contribution in [1.29, 1.82) is 0 Å². The third-order valence-corrected chi connectivity index (χ3v) is 5.57. The van der Waals surface area contributed by atoms with E-state index in [1.54, 1.807) is 16.9 Å². The van der Waals surface area contributed by atoms with Crippen LogP contribution in [-0.4, -0.2) is 30.3 Å². The summed E-state index contributed by atoms with van der Waals surface area (Å²) in [5, 5.41) is 11.2. The van der Waals surface area contributed by atoms with E-state index in [0.717, 1.165) is 30.7 Å². The summed E-state index contributed by atoms with van der Waals surface area (Å²) in [7, 11) is 0. The number of nitrogens with zero attached hydrogens (tertiary/aromatic N) is 5. The number of aromatic nitrogens is 5. The van der Waals surface area contributed by atoms with Crippen LogP contribution < -0.4 is 5.32 Å². The van der Waals surface area contributed by atoms with Crippen molar-refractivity contribution >= 4 is 28.8 Å². The number of halogens is 4. The van der Waals surface area contributed by atoms with E-state index in [1.165, 1.54) is 6.20 Å². The van der Waals surface area contributed by atoms with Gasteiger partial charge in [-0.3, -0.25) is 9.48 Å². The van der Waals surface area contributed by atoms with E-state index in [0.29, 0.717) is 27.5 Å². The Bertz CT molecular complexity index is 1320. The van der Waals surface area contributed by atoms with Crippen molar-refractivity contribution in [2.24, 2.45) is 0 Å². The maximum absolute atomic E-state index is 13.5. The lowest BCUT2D eigenvalue weighted by atomic mass is 10.2. The molecule has 3 aromatic heterocycles. The van der Waals surface area contributed by atoms with E-state index in [9.17, 15) is 18.0 Å². The third kappa shape index (κ3) is 3.93. The monoisotopic (exact) mass is 460 g/mol. The molecule has 1 N–H and O–H groups in total. The van der Waals surface area contributed by atoms with Crippen LogP contribution in [0.4, 0.5) is 18.9 Å². The zero-order valence-electron chi connectivity index (χ0n) is 16.5. The Labute approximate surface area is 184 Å². The molecule has 0 aliphatic heterocycles. The number of hydrogen-bond acceptors (Lipinski definition) is 4. The number of benzene rings is 1. The maximum atomic E-state index is 13.5. The highest BCUT2D eigenvalue weighted by Crippen LogP contribution is 2.41. The van der Waals surface area contributed by atoms with E-state index < -0.39 is 17.8 Å². The van der Waals surface area contributed by atoms with Gasteiger partial charge in [-0.2, -0.15) is 23.4 Å². The van der Waals surface area contributed by atoms with Crippen molar-refractivity contribution in [3.05, 3.63) is 76.5 Å². The van der Waals surface area contributed by atoms with Crippen molar-refractivity contribution in [1.82, 2.24) is 24.4 Å². The Kier molecular flexibility index (Phi) is 4.89. The van der Waals surface area contributed by atoms with Crippen LogP contribution >= 0.6 is 11.6 Å². The molecule has 5 rings (SSSR count). The number of amides is 1. The largest absolute Gasteiger partial charge is 0.433 e. The Balaban J connectivity index is 1.42. The number of carbonyl (C=O) groups is 1. The second kappa shape index (κ2) is 7.63. The molecule has 164 valence electrons. The van der Waals surface area contributed by atoms with Crippen molar-refractivity contribution < 1.29 is 18.0 Å². The van der Waals surface area contributed by atoms with Crippen LogP contribution in [0.1, 0.15) is 46.1 Å². The minimum atomic E-state index is -4.62. The molecule has 0 saturated heterocycles. The Morgan fingerprint density at radius 1 is 1.19 bits per heavy atom. The minimum Gasteiger partial charge on any atom is -0.319 e. The first-order valence-electron chi connectivity index (χ1n) is 9.82. The molecule has 4 aromatic rings. The summed E-state index contributed by atoms with van der Waals surface area (Å²) >= 11 is 6.17. The van der Waals surface area contributed by atoms with Crippen molar-refractivity contribution in [3.63, 3.8) is 0 Å². The van der Waals surface area contributed by atoms with Gasteiger partial charge in [0.25, 0.3) is 5.91 Å². The summed E-state index contributed by atoms with van der Waals surface area (Å²) in [4.78, 5) is 17.1. The predicted octanol–water partition coefficient (Wildman–Crippen LogP) is 4.78. The molecule has 32 heavy (non-hydrogen) atoms. The molecule has 7 nitrogen and oxygen atoms in total. The SMILES string of the molecule is O=C(Nc1cnn(Cc2ccccc2Cl)c1)c1cnn2c(C(F)(F)F)cc(C3CC3)nc12. The predicted molar refractivity (Wildman–Crippen MR) is 111 cm³/mol. The Morgan fingerprint density at radius 3 is 2.69 bits per heavy atom. The average Bonchev–Trinajstić information content (AvgIpc) is 3.36. The number of carbonyl (C=O) groups excluding carboxylic acids is 1. The van der Waals surface area contributed by atoms with E-state index in [2.05, 4.69) is 20.5 Å². The summed E-state index contributed by atoms with van der Waals surface area (Å²) in [6.45, 7) is 0.396. The number of anilines is 1. The molecule has 1 saturated carbocycles. The molecule has 0 bridgehead atoms. The first-order valence-corrected chi connectivity index (χ1v) is 10.2. The Hall–Kier alpha value is -3.40. The highest BCUT2D eigenvalue weighted by atomic mass is 35.5. The minimum absolute atomic E-state index is 0.0186. The van der Waals surface area contributed by atoms with Crippen LogP contribution in [0, 0.1) is 0 Å². The molecule has 0 radical (unpaired) electrons. The highest BCUT2D eigenvalue weighted by molar-refractivity contribution is 6.31. The van der Waals surface area contributed by atoms with Gasteiger partial charge in [0, 0.05) is 22.8 Å². The molecule has 1 aromatic carbocycles. The fourth-order valence-corrected chi connectivity index (χ4v) is 3.64. The van der Waals surface area contributed by atoms with E-state index in [1.807, 2.05) is 18.2 Å². The molecule has 11 heteroatoms. The van der Waals surface area contributed by atoms with Crippen molar-refractivity contribution in [3.8, 4) is 0 Å². The zero-order valence-corrected chi connectivity index (χ0v) is 17.2. The van der Waals surface area contributed by atoms with Gasteiger partial charge in [-0.1, -0.05) is 29.8 Å². The molecule has 1 fully saturated rings. The number of fused-ring (bicyclic) bond motifs is 1. The fourth-order valence-electron chi connectivity index (χ4n) is 3.45. The number of rotatable bonds is 5. The molecular weight excluding hydrogens is 445 g/mol.